The molecule has 1 aliphatic rings. The second-order valence-corrected chi connectivity index (χ2v) is 8.27. The minimum Gasteiger partial charge on any atom is -0.212 e. The van der Waals surface area contributed by atoms with Crippen LogP contribution in [-0.2, 0) is 10.0 Å². The summed E-state index contributed by atoms with van der Waals surface area (Å²) in [5.41, 5.74) is 0.358. The van der Waals surface area contributed by atoms with Gasteiger partial charge in [0.25, 0.3) is 0 Å². The number of hydrogen-bond acceptors (Lipinski definition) is 2. The summed E-state index contributed by atoms with van der Waals surface area (Å²) in [4.78, 5) is 0. The van der Waals surface area contributed by atoms with Crippen molar-refractivity contribution in [3.05, 3.63) is 0 Å². The highest BCUT2D eigenvalue weighted by molar-refractivity contribution is 7.89. The lowest BCUT2D eigenvalue weighted by molar-refractivity contribution is 0.207. The van der Waals surface area contributed by atoms with Crippen LogP contribution in [0.1, 0.15) is 47.0 Å². The van der Waals surface area contributed by atoms with Gasteiger partial charge in [-0.2, -0.15) is 0 Å². The molecule has 3 nitrogen and oxygen atoms in total. The minimum atomic E-state index is -2.96. The molecule has 4 heteroatoms. The van der Waals surface area contributed by atoms with Crippen molar-refractivity contribution < 1.29 is 8.42 Å². The molecular weight excluding hydrogens is 222 g/mol. The van der Waals surface area contributed by atoms with E-state index in [1.54, 1.807) is 11.2 Å². The van der Waals surface area contributed by atoms with Crippen molar-refractivity contribution in [2.75, 3.05) is 18.8 Å². The average molecular weight is 247 g/mol. The Morgan fingerprint density at radius 1 is 1.19 bits per heavy atom. The van der Waals surface area contributed by atoms with E-state index in [0.29, 0.717) is 11.3 Å². The fourth-order valence-corrected chi connectivity index (χ4v) is 3.57. The maximum Gasteiger partial charge on any atom is 0.213 e. The fraction of sp³-hybridized carbons (Fsp3) is 1.00. The van der Waals surface area contributed by atoms with Crippen molar-refractivity contribution >= 4 is 10.0 Å². The quantitative estimate of drug-likeness (QED) is 0.768. The number of nitrogens with zero attached hydrogens (tertiary/aromatic N) is 1. The van der Waals surface area contributed by atoms with Crippen molar-refractivity contribution in [2.45, 2.75) is 47.0 Å². The van der Waals surface area contributed by atoms with Crippen LogP contribution in [0.2, 0.25) is 0 Å². The van der Waals surface area contributed by atoms with Crippen LogP contribution in [0.3, 0.4) is 0 Å². The Hall–Kier alpha value is -0.0900. The molecule has 1 rings (SSSR count). The van der Waals surface area contributed by atoms with E-state index in [1.807, 2.05) is 0 Å². The highest BCUT2D eigenvalue weighted by Gasteiger charge is 2.28. The van der Waals surface area contributed by atoms with Gasteiger partial charge < -0.3 is 0 Å². The molecule has 0 saturated carbocycles. The van der Waals surface area contributed by atoms with Gasteiger partial charge in [0.05, 0.1) is 5.75 Å². The van der Waals surface area contributed by atoms with E-state index in [2.05, 4.69) is 20.8 Å². The van der Waals surface area contributed by atoms with Crippen molar-refractivity contribution in [3.8, 4) is 0 Å². The van der Waals surface area contributed by atoms with Gasteiger partial charge in [-0.25, -0.2) is 12.7 Å². The fourth-order valence-electron chi connectivity index (χ4n) is 2.44. The Morgan fingerprint density at radius 3 is 2.06 bits per heavy atom. The molecule has 96 valence electrons. The van der Waals surface area contributed by atoms with Crippen molar-refractivity contribution in [3.63, 3.8) is 0 Å². The molecule has 1 aliphatic heterocycles. The van der Waals surface area contributed by atoms with E-state index in [1.165, 1.54) is 6.42 Å². The molecule has 0 spiro atoms. The Bertz CT molecular complexity index is 308. The molecule has 0 aliphatic carbocycles. The molecule has 0 amide bonds. The third-order valence-corrected chi connectivity index (χ3v) is 5.11. The molecule has 0 atom stereocenters. The predicted octanol–water partition coefficient (Wildman–Crippen LogP) is 2.48. The first-order valence-electron chi connectivity index (χ1n) is 6.22. The second-order valence-electron chi connectivity index (χ2n) is 6.01. The lowest BCUT2D eigenvalue weighted by Crippen LogP contribution is -2.39. The Morgan fingerprint density at radius 2 is 1.69 bits per heavy atom. The number of piperidine rings is 1. The Balaban J connectivity index is 2.46. The molecule has 0 N–H and O–H groups in total. The topological polar surface area (TPSA) is 37.4 Å². The molecule has 1 saturated heterocycles. The van der Waals surface area contributed by atoms with Gasteiger partial charge in [-0.05, 0) is 37.5 Å². The highest BCUT2D eigenvalue weighted by Crippen LogP contribution is 2.31. The first kappa shape index (κ1) is 14.0. The molecular formula is C12H25NO2S. The van der Waals surface area contributed by atoms with Crippen molar-refractivity contribution in [1.82, 2.24) is 4.31 Å². The SMILES string of the molecule is CCS(=O)(=O)N1CCC(CC(C)(C)C)CC1. The molecule has 1 heterocycles. The molecule has 1 fully saturated rings. The summed E-state index contributed by atoms with van der Waals surface area (Å²) in [7, 11) is -2.96. The van der Waals surface area contributed by atoms with Gasteiger partial charge in [0.1, 0.15) is 0 Å². The van der Waals surface area contributed by atoms with Gasteiger partial charge in [0.2, 0.25) is 10.0 Å². The van der Waals surface area contributed by atoms with Gasteiger partial charge >= 0.3 is 0 Å². The third-order valence-electron chi connectivity index (χ3n) is 3.23. The molecule has 0 aromatic carbocycles. The van der Waals surface area contributed by atoms with Crippen LogP contribution in [-0.4, -0.2) is 31.6 Å². The summed E-state index contributed by atoms with van der Waals surface area (Å²) in [6, 6.07) is 0. The van der Waals surface area contributed by atoms with Crippen LogP contribution >= 0.6 is 0 Å². The predicted molar refractivity (Wildman–Crippen MR) is 67.8 cm³/mol. The van der Waals surface area contributed by atoms with Gasteiger partial charge in [-0.15, -0.1) is 0 Å². The average Bonchev–Trinajstić information content (AvgIpc) is 2.16. The number of sulfonamides is 1. The summed E-state index contributed by atoms with van der Waals surface area (Å²) in [6.45, 7) is 9.91. The Kier molecular flexibility index (Phi) is 4.41. The van der Waals surface area contributed by atoms with E-state index in [9.17, 15) is 8.42 Å². The molecule has 0 unspecified atom stereocenters. The monoisotopic (exact) mass is 247 g/mol. The zero-order valence-electron chi connectivity index (χ0n) is 11.0. The van der Waals surface area contributed by atoms with Gasteiger partial charge in [-0.3, -0.25) is 0 Å². The molecule has 16 heavy (non-hydrogen) atoms. The van der Waals surface area contributed by atoms with E-state index in [4.69, 9.17) is 0 Å². The maximum atomic E-state index is 11.7. The first-order valence-corrected chi connectivity index (χ1v) is 7.83. The van der Waals surface area contributed by atoms with Crippen LogP contribution in [0.15, 0.2) is 0 Å². The third kappa shape index (κ3) is 4.06. The smallest absolute Gasteiger partial charge is 0.212 e. The van der Waals surface area contributed by atoms with E-state index in [-0.39, 0.29) is 5.75 Å². The lowest BCUT2D eigenvalue weighted by atomic mass is 9.81. The van der Waals surface area contributed by atoms with Crippen LogP contribution in [0.25, 0.3) is 0 Å². The summed E-state index contributed by atoms with van der Waals surface area (Å²) in [6.07, 6.45) is 3.25. The van der Waals surface area contributed by atoms with E-state index < -0.39 is 10.0 Å². The van der Waals surface area contributed by atoms with Crippen LogP contribution in [0, 0.1) is 11.3 Å². The standard InChI is InChI=1S/C12H25NO2S/c1-5-16(14,15)13-8-6-11(7-9-13)10-12(2,3)4/h11H,5-10H2,1-4H3. The minimum absolute atomic E-state index is 0.233. The van der Waals surface area contributed by atoms with Crippen LogP contribution in [0.5, 0.6) is 0 Å². The molecule has 0 bridgehead atoms. The maximum absolute atomic E-state index is 11.7. The van der Waals surface area contributed by atoms with E-state index >= 15 is 0 Å². The molecule has 0 radical (unpaired) electrons. The van der Waals surface area contributed by atoms with Crippen LogP contribution in [0.4, 0.5) is 0 Å². The summed E-state index contributed by atoms with van der Waals surface area (Å²) in [5.74, 6) is 0.931. The number of rotatable bonds is 3. The van der Waals surface area contributed by atoms with Crippen molar-refractivity contribution in [1.29, 1.82) is 0 Å². The van der Waals surface area contributed by atoms with E-state index in [0.717, 1.165) is 25.9 Å². The molecule has 0 aromatic rings. The summed E-state index contributed by atoms with van der Waals surface area (Å²) in [5, 5.41) is 0. The van der Waals surface area contributed by atoms with Crippen LogP contribution < -0.4 is 0 Å². The molecule has 0 aromatic heterocycles. The van der Waals surface area contributed by atoms with Gasteiger partial charge in [0.15, 0.2) is 0 Å². The first-order chi connectivity index (χ1) is 7.24. The van der Waals surface area contributed by atoms with Crippen molar-refractivity contribution in [2.24, 2.45) is 11.3 Å². The zero-order valence-corrected chi connectivity index (χ0v) is 11.8. The van der Waals surface area contributed by atoms with Gasteiger partial charge in [0, 0.05) is 13.1 Å². The number of hydrogen-bond donors (Lipinski definition) is 0. The lowest BCUT2D eigenvalue weighted by Gasteiger charge is -2.34. The van der Waals surface area contributed by atoms with Gasteiger partial charge in [-0.1, -0.05) is 20.8 Å². The largest absolute Gasteiger partial charge is 0.213 e. The Labute approximate surface area is 100 Å². The zero-order chi connectivity index (χ0) is 12.4. The second kappa shape index (κ2) is 5.05. The summed E-state index contributed by atoms with van der Waals surface area (Å²) < 4.78 is 25.0. The normalized spacial score (nSPS) is 21.2. The summed E-state index contributed by atoms with van der Waals surface area (Å²) >= 11 is 0. The highest BCUT2D eigenvalue weighted by atomic mass is 32.2.